The first-order chi connectivity index (χ1) is 11.1. The van der Waals surface area contributed by atoms with Crippen LogP contribution in [0.25, 0.3) is 22.6 Å². The Kier molecular flexibility index (Phi) is 3.20. The SMILES string of the molecule is Nc1ccc2c(=O)n3c(nc2c1)C(=Cc1cccc(Cl)c1)CC3. The van der Waals surface area contributed by atoms with Gasteiger partial charge in [-0.2, -0.15) is 0 Å². The van der Waals surface area contributed by atoms with Crippen LogP contribution in [0.3, 0.4) is 0 Å². The van der Waals surface area contributed by atoms with E-state index in [-0.39, 0.29) is 5.56 Å². The van der Waals surface area contributed by atoms with Crippen molar-refractivity contribution in [3.8, 4) is 0 Å². The first-order valence-corrected chi connectivity index (χ1v) is 7.76. The highest BCUT2D eigenvalue weighted by molar-refractivity contribution is 6.30. The number of hydrogen-bond acceptors (Lipinski definition) is 3. The molecule has 114 valence electrons. The van der Waals surface area contributed by atoms with Gasteiger partial charge in [-0.1, -0.05) is 23.7 Å². The highest BCUT2D eigenvalue weighted by Crippen LogP contribution is 2.28. The van der Waals surface area contributed by atoms with Gasteiger partial charge in [0.25, 0.3) is 5.56 Å². The van der Waals surface area contributed by atoms with Crippen LogP contribution in [0, 0.1) is 0 Å². The molecule has 4 rings (SSSR count). The molecule has 0 bridgehead atoms. The lowest BCUT2D eigenvalue weighted by molar-refractivity contribution is 0.725. The maximum absolute atomic E-state index is 12.6. The molecule has 0 atom stereocenters. The summed E-state index contributed by atoms with van der Waals surface area (Å²) in [5.41, 5.74) is 9.08. The Balaban J connectivity index is 1.91. The van der Waals surface area contributed by atoms with Gasteiger partial charge < -0.3 is 5.73 Å². The summed E-state index contributed by atoms with van der Waals surface area (Å²) in [5, 5.41) is 1.29. The molecular weight excluding hydrogens is 310 g/mol. The Labute approximate surface area is 137 Å². The number of aromatic nitrogens is 2. The topological polar surface area (TPSA) is 60.9 Å². The van der Waals surface area contributed by atoms with Gasteiger partial charge in [0.05, 0.1) is 10.9 Å². The number of benzene rings is 2. The van der Waals surface area contributed by atoms with E-state index < -0.39 is 0 Å². The Morgan fingerprint density at radius 1 is 1.22 bits per heavy atom. The molecule has 0 saturated carbocycles. The summed E-state index contributed by atoms with van der Waals surface area (Å²) >= 11 is 6.04. The average Bonchev–Trinajstić information content (AvgIpc) is 2.90. The molecule has 1 aromatic heterocycles. The maximum atomic E-state index is 12.6. The minimum atomic E-state index is -0.0144. The molecule has 4 nitrogen and oxygen atoms in total. The van der Waals surface area contributed by atoms with Crippen molar-refractivity contribution in [2.24, 2.45) is 0 Å². The van der Waals surface area contributed by atoms with Crippen LogP contribution >= 0.6 is 11.6 Å². The summed E-state index contributed by atoms with van der Waals surface area (Å²) in [6, 6.07) is 12.8. The van der Waals surface area contributed by atoms with E-state index in [0.717, 1.165) is 17.6 Å². The van der Waals surface area contributed by atoms with Crippen molar-refractivity contribution in [1.82, 2.24) is 9.55 Å². The molecule has 0 amide bonds. The van der Waals surface area contributed by atoms with Crippen LogP contribution in [0.15, 0.2) is 47.3 Å². The van der Waals surface area contributed by atoms with Crippen molar-refractivity contribution >= 4 is 39.8 Å². The van der Waals surface area contributed by atoms with Crippen molar-refractivity contribution in [3.05, 3.63) is 69.2 Å². The second-order valence-corrected chi connectivity index (χ2v) is 6.08. The lowest BCUT2D eigenvalue weighted by Crippen LogP contribution is -2.20. The van der Waals surface area contributed by atoms with Crippen molar-refractivity contribution < 1.29 is 0 Å². The van der Waals surface area contributed by atoms with Crippen LogP contribution in [0.5, 0.6) is 0 Å². The molecule has 0 unspecified atom stereocenters. The van der Waals surface area contributed by atoms with Crippen LogP contribution in [0.4, 0.5) is 5.69 Å². The molecule has 3 aromatic rings. The molecule has 0 aliphatic carbocycles. The molecule has 0 saturated heterocycles. The lowest BCUT2D eigenvalue weighted by Gasteiger charge is -2.06. The van der Waals surface area contributed by atoms with Crippen LogP contribution in [-0.4, -0.2) is 9.55 Å². The van der Waals surface area contributed by atoms with Crippen molar-refractivity contribution in [2.75, 3.05) is 5.73 Å². The first kappa shape index (κ1) is 14.0. The quantitative estimate of drug-likeness (QED) is 0.696. The van der Waals surface area contributed by atoms with E-state index >= 15 is 0 Å². The number of rotatable bonds is 1. The first-order valence-electron chi connectivity index (χ1n) is 7.38. The number of nitrogen functional groups attached to an aromatic ring is 1. The summed E-state index contributed by atoms with van der Waals surface area (Å²) < 4.78 is 1.73. The summed E-state index contributed by atoms with van der Waals surface area (Å²) in [6.07, 6.45) is 2.82. The predicted molar refractivity (Wildman–Crippen MR) is 94.4 cm³/mol. The molecule has 2 heterocycles. The maximum Gasteiger partial charge on any atom is 0.261 e. The molecule has 23 heavy (non-hydrogen) atoms. The van der Waals surface area contributed by atoms with E-state index in [1.165, 1.54) is 0 Å². The third-order valence-corrected chi connectivity index (χ3v) is 4.30. The second kappa shape index (κ2) is 5.25. The number of halogens is 1. The molecule has 1 aliphatic rings. The van der Waals surface area contributed by atoms with E-state index in [1.807, 2.05) is 30.3 Å². The zero-order chi connectivity index (χ0) is 16.0. The van der Waals surface area contributed by atoms with Crippen molar-refractivity contribution in [3.63, 3.8) is 0 Å². The number of anilines is 1. The Hall–Kier alpha value is -2.59. The normalized spacial score (nSPS) is 15.3. The number of hydrogen-bond donors (Lipinski definition) is 1. The molecule has 0 spiro atoms. The Bertz CT molecular complexity index is 1020. The number of fused-ring (bicyclic) bond motifs is 2. The standard InChI is InChI=1S/C18H14ClN3O/c19-13-3-1-2-11(9-13)8-12-6-7-22-17(12)21-16-10-14(20)4-5-15(16)18(22)23/h1-5,8-10H,6-7,20H2. The molecular formula is C18H14ClN3O. The van der Waals surface area contributed by atoms with Gasteiger partial charge in [-0.15, -0.1) is 0 Å². The van der Waals surface area contributed by atoms with Gasteiger partial charge in [0, 0.05) is 17.3 Å². The second-order valence-electron chi connectivity index (χ2n) is 5.64. The van der Waals surface area contributed by atoms with Crippen LogP contribution in [0.1, 0.15) is 17.8 Å². The fraction of sp³-hybridized carbons (Fsp3) is 0.111. The fourth-order valence-corrected chi connectivity index (χ4v) is 3.17. The molecule has 1 aliphatic heterocycles. The highest BCUT2D eigenvalue weighted by atomic mass is 35.5. The third-order valence-electron chi connectivity index (χ3n) is 4.06. The Morgan fingerprint density at radius 2 is 2.09 bits per heavy atom. The number of allylic oxidation sites excluding steroid dienone is 1. The average molecular weight is 324 g/mol. The minimum absolute atomic E-state index is 0.0144. The predicted octanol–water partition coefficient (Wildman–Crippen LogP) is 3.58. The number of nitrogens with two attached hydrogens (primary N) is 1. The van der Waals surface area contributed by atoms with Crippen LogP contribution < -0.4 is 11.3 Å². The van der Waals surface area contributed by atoms with Gasteiger partial charge in [-0.3, -0.25) is 9.36 Å². The molecule has 0 fully saturated rings. The molecule has 5 heteroatoms. The van der Waals surface area contributed by atoms with Gasteiger partial charge in [-0.05, 0) is 54.0 Å². The summed E-state index contributed by atoms with van der Waals surface area (Å²) in [4.78, 5) is 17.3. The van der Waals surface area contributed by atoms with E-state index in [9.17, 15) is 4.79 Å². The molecule has 2 aromatic carbocycles. The van der Waals surface area contributed by atoms with E-state index in [2.05, 4.69) is 4.98 Å². The van der Waals surface area contributed by atoms with Gasteiger partial charge in [-0.25, -0.2) is 4.98 Å². The van der Waals surface area contributed by atoms with Gasteiger partial charge >= 0.3 is 0 Å². The molecule has 2 N–H and O–H groups in total. The minimum Gasteiger partial charge on any atom is -0.399 e. The summed E-state index contributed by atoms with van der Waals surface area (Å²) in [5.74, 6) is 0.716. The van der Waals surface area contributed by atoms with E-state index in [0.29, 0.717) is 34.0 Å². The lowest BCUT2D eigenvalue weighted by atomic mass is 10.1. The third kappa shape index (κ3) is 2.41. The highest BCUT2D eigenvalue weighted by Gasteiger charge is 2.20. The summed E-state index contributed by atoms with van der Waals surface area (Å²) in [7, 11) is 0. The zero-order valence-electron chi connectivity index (χ0n) is 12.3. The van der Waals surface area contributed by atoms with E-state index in [1.54, 1.807) is 22.8 Å². The van der Waals surface area contributed by atoms with Gasteiger partial charge in [0.15, 0.2) is 0 Å². The fourth-order valence-electron chi connectivity index (χ4n) is 2.97. The van der Waals surface area contributed by atoms with E-state index in [4.69, 9.17) is 17.3 Å². The summed E-state index contributed by atoms with van der Waals surface area (Å²) in [6.45, 7) is 0.647. The van der Waals surface area contributed by atoms with Gasteiger partial charge in [0.1, 0.15) is 5.82 Å². The monoisotopic (exact) mass is 323 g/mol. The Morgan fingerprint density at radius 3 is 2.91 bits per heavy atom. The largest absolute Gasteiger partial charge is 0.399 e. The van der Waals surface area contributed by atoms with Crippen LogP contribution in [-0.2, 0) is 6.54 Å². The van der Waals surface area contributed by atoms with Crippen molar-refractivity contribution in [2.45, 2.75) is 13.0 Å². The number of nitrogens with zero attached hydrogens (tertiary/aromatic N) is 2. The smallest absolute Gasteiger partial charge is 0.261 e. The van der Waals surface area contributed by atoms with Crippen molar-refractivity contribution in [1.29, 1.82) is 0 Å². The zero-order valence-corrected chi connectivity index (χ0v) is 13.0. The molecule has 0 radical (unpaired) electrons. The van der Waals surface area contributed by atoms with Gasteiger partial charge in [0.2, 0.25) is 0 Å². The van der Waals surface area contributed by atoms with Crippen LogP contribution in [0.2, 0.25) is 5.02 Å².